The van der Waals surface area contributed by atoms with Crippen molar-refractivity contribution in [3.8, 4) is 5.75 Å². The van der Waals surface area contributed by atoms with E-state index < -0.39 is 24.4 Å². The lowest BCUT2D eigenvalue weighted by atomic mass is 10.2. The number of hydrogen-bond acceptors (Lipinski definition) is 5. The highest BCUT2D eigenvalue weighted by molar-refractivity contribution is 9.10. The first-order valence-corrected chi connectivity index (χ1v) is 8.43. The molecule has 8 heteroatoms. The number of carbonyl (C=O) groups is 3. The van der Waals surface area contributed by atoms with E-state index in [9.17, 15) is 14.4 Å². The summed E-state index contributed by atoms with van der Waals surface area (Å²) in [6.45, 7) is 1.09. The van der Waals surface area contributed by atoms with Crippen LogP contribution < -0.4 is 10.6 Å². The van der Waals surface area contributed by atoms with Gasteiger partial charge in [0.05, 0.1) is 12.1 Å². The van der Waals surface area contributed by atoms with Gasteiger partial charge in [-0.05, 0) is 55.0 Å². The molecule has 136 valence electrons. The van der Waals surface area contributed by atoms with Crippen LogP contribution in [0.4, 0.5) is 5.69 Å². The molecule has 0 aliphatic rings. The average molecular weight is 421 g/mol. The SMILES string of the molecule is Cc1cc(Br)ccc1NC(=O)CNC(=O)COC(=O)c1ccc(O)cc1. The fourth-order valence-electron chi connectivity index (χ4n) is 2.00. The second kappa shape index (κ2) is 9.00. The largest absolute Gasteiger partial charge is 0.508 e. The Kier molecular flexibility index (Phi) is 6.74. The summed E-state index contributed by atoms with van der Waals surface area (Å²) in [6.07, 6.45) is 0. The summed E-state index contributed by atoms with van der Waals surface area (Å²) < 4.78 is 5.74. The summed E-state index contributed by atoms with van der Waals surface area (Å²) in [7, 11) is 0. The number of benzene rings is 2. The van der Waals surface area contributed by atoms with Crippen molar-refractivity contribution < 1.29 is 24.2 Å². The van der Waals surface area contributed by atoms with Crippen LogP contribution >= 0.6 is 15.9 Å². The van der Waals surface area contributed by atoms with Gasteiger partial charge in [0.15, 0.2) is 6.61 Å². The van der Waals surface area contributed by atoms with Crippen molar-refractivity contribution in [1.29, 1.82) is 0 Å². The average Bonchev–Trinajstić information content (AvgIpc) is 2.61. The van der Waals surface area contributed by atoms with Gasteiger partial charge < -0.3 is 20.5 Å². The van der Waals surface area contributed by atoms with E-state index in [-0.39, 0.29) is 17.9 Å². The summed E-state index contributed by atoms with van der Waals surface area (Å²) in [5.74, 6) is -1.67. The molecule has 7 nitrogen and oxygen atoms in total. The highest BCUT2D eigenvalue weighted by Gasteiger charge is 2.11. The third-order valence-corrected chi connectivity index (χ3v) is 3.84. The third kappa shape index (κ3) is 5.89. The quantitative estimate of drug-likeness (QED) is 0.622. The van der Waals surface area contributed by atoms with Gasteiger partial charge >= 0.3 is 5.97 Å². The van der Waals surface area contributed by atoms with Crippen molar-refractivity contribution in [1.82, 2.24) is 5.32 Å². The van der Waals surface area contributed by atoms with Gasteiger partial charge in [0, 0.05) is 10.2 Å². The lowest BCUT2D eigenvalue weighted by Crippen LogP contribution is -2.35. The second-order valence-corrected chi connectivity index (χ2v) is 6.32. The highest BCUT2D eigenvalue weighted by atomic mass is 79.9. The molecule has 0 unspecified atom stereocenters. The number of esters is 1. The van der Waals surface area contributed by atoms with Crippen LogP contribution in [0.15, 0.2) is 46.9 Å². The van der Waals surface area contributed by atoms with Crippen molar-refractivity contribution in [3.05, 3.63) is 58.1 Å². The molecule has 2 aromatic carbocycles. The van der Waals surface area contributed by atoms with Gasteiger partial charge in [-0.25, -0.2) is 4.79 Å². The minimum Gasteiger partial charge on any atom is -0.508 e. The Hall–Kier alpha value is -2.87. The first kappa shape index (κ1) is 19.5. The fraction of sp³-hybridized carbons (Fsp3) is 0.167. The molecule has 26 heavy (non-hydrogen) atoms. The summed E-state index contributed by atoms with van der Waals surface area (Å²) in [5, 5.41) is 14.2. The minimum atomic E-state index is -0.699. The van der Waals surface area contributed by atoms with Crippen molar-refractivity contribution in [3.63, 3.8) is 0 Å². The predicted octanol–water partition coefficient (Wildman–Crippen LogP) is 2.37. The number of nitrogens with one attached hydrogen (secondary N) is 2. The highest BCUT2D eigenvalue weighted by Crippen LogP contribution is 2.19. The molecule has 0 fully saturated rings. The molecule has 0 spiro atoms. The number of carbonyl (C=O) groups excluding carboxylic acids is 3. The normalized spacial score (nSPS) is 10.1. The zero-order chi connectivity index (χ0) is 19.1. The Bertz CT molecular complexity index is 821. The van der Waals surface area contributed by atoms with Crippen molar-refractivity contribution in [2.24, 2.45) is 0 Å². The van der Waals surface area contributed by atoms with Crippen LogP contribution in [0.5, 0.6) is 5.75 Å². The minimum absolute atomic E-state index is 0.0197. The molecule has 0 bridgehead atoms. The standard InChI is InChI=1S/C18H17BrN2O5/c1-11-8-13(19)4-7-15(11)21-16(23)9-20-17(24)10-26-18(25)12-2-5-14(22)6-3-12/h2-8,22H,9-10H2,1H3,(H,20,24)(H,21,23). The van der Waals surface area contributed by atoms with Crippen LogP contribution in [-0.4, -0.2) is 36.0 Å². The van der Waals surface area contributed by atoms with Gasteiger partial charge in [-0.1, -0.05) is 15.9 Å². The number of phenols is 1. The Morgan fingerprint density at radius 2 is 1.77 bits per heavy atom. The Morgan fingerprint density at radius 1 is 1.08 bits per heavy atom. The van der Waals surface area contributed by atoms with E-state index in [2.05, 4.69) is 26.6 Å². The molecule has 3 N–H and O–H groups in total. The van der Waals surface area contributed by atoms with Gasteiger partial charge in [-0.2, -0.15) is 0 Å². The van der Waals surface area contributed by atoms with E-state index in [4.69, 9.17) is 9.84 Å². The molecule has 0 aromatic heterocycles. The molecule has 0 aliphatic heterocycles. The zero-order valence-corrected chi connectivity index (χ0v) is 15.5. The third-order valence-electron chi connectivity index (χ3n) is 3.35. The van der Waals surface area contributed by atoms with Crippen LogP contribution in [0.3, 0.4) is 0 Å². The number of anilines is 1. The van der Waals surface area contributed by atoms with Crippen LogP contribution in [0.2, 0.25) is 0 Å². The number of rotatable bonds is 6. The number of phenolic OH excluding ortho intramolecular Hbond substituents is 1. The lowest BCUT2D eigenvalue weighted by molar-refractivity contribution is -0.126. The van der Waals surface area contributed by atoms with Gasteiger partial charge in [0.2, 0.25) is 5.91 Å². The molecule has 0 atom stereocenters. The fourth-order valence-corrected chi connectivity index (χ4v) is 2.48. The van der Waals surface area contributed by atoms with Gasteiger partial charge in [0.25, 0.3) is 5.91 Å². The summed E-state index contributed by atoms with van der Waals surface area (Å²) in [6, 6.07) is 10.8. The van der Waals surface area contributed by atoms with Gasteiger partial charge in [-0.15, -0.1) is 0 Å². The lowest BCUT2D eigenvalue weighted by Gasteiger charge is -2.10. The first-order valence-electron chi connectivity index (χ1n) is 7.64. The molecule has 0 saturated carbocycles. The number of aryl methyl sites for hydroxylation is 1. The van der Waals surface area contributed by atoms with Gasteiger partial charge in [0.1, 0.15) is 5.75 Å². The number of aromatic hydroxyl groups is 1. The van der Waals surface area contributed by atoms with Crippen LogP contribution in [0, 0.1) is 6.92 Å². The van der Waals surface area contributed by atoms with E-state index in [1.165, 1.54) is 24.3 Å². The van der Waals surface area contributed by atoms with Gasteiger partial charge in [-0.3, -0.25) is 9.59 Å². The van der Waals surface area contributed by atoms with Crippen LogP contribution in [0.1, 0.15) is 15.9 Å². The van der Waals surface area contributed by atoms with Crippen LogP contribution in [0.25, 0.3) is 0 Å². The smallest absolute Gasteiger partial charge is 0.338 e. The molecular formula is C18H17BrN2O5. The molecular weight excluding hydrogens is 404 g/mol. The molecule has 0 aliphatic carbocycles. The second-order valence-electron chi connectivity index (χ2n) is 5.41. The molecule has 0 radical (unpaired) electrons. The number of hydrogen-bond donors (Lipinski definition) is 3. The molecule has 0 heterocycles. The summed E-state index contributed by atoms with van der Waals surface area (Å²) in [4.78, 5) is 35.3. The molecule has 2 amide bonds. The van der Waals surface area contributed by atoms with E-state index in [0.29, 0.717) is 5.69 Å². The monoisotopic (exact) mass is 420 g/mol. The molecule has 2 rings (SSSR count). The zero-order valence-electron chi connectivity index (χ0n) is 13.9. The van der Waals surface area contributed by atoms with Crippen molar-refractivity contribution in [2.45, 2.75) is 6.92 Å². The number of amides is 2. The van der Waals surface area contributed by atoms with E-state index in [0.717, 1.165) is 10.0 Å². The topological polar surface area (TPSA) is 105 Å². The van der Waals surface area contributed by atoms with E-state index in [1.807, 2.05) is 13.0 Å². The van der Waals surface area contributed by atoms with Crippen LogP contribution in [-0.2, 0) is 14.3 Å². The Morgan fingerprint density at radius 3 is 2.42 bits per heavy atom. The van der Waals surface area contributed by atoms with Crippen molar-refractivity contribution >= 4 is 39.4 Å². The maximum atomic E-state index is 11.9. The number of halogens is 1. The maximum absolute atomic E-state index is 11.9. The van der Waals surface area contributed by atoms with E-state index >= 15 is 0 Å². The predicted molar refractivity (Wildman–Crippen MR) is 98.9 cm³/mol. The van der Waals surface area contributed by atoms with Crippen molar-refractivity contribution in [2.75, 3.05) is 18.5 Å². The summed E-state index contributed by atoms with van der Waals surface area (Å²) >= 11 is 3.34. The first-order chi connectivity index (χ1) is 12.3. The summed E-state index contributed by atoms with van der Waals surface area (Å²) in [5.41, 5.74) is 1.73. The van der Waals surface area contributed by atoms with E-state index in [1.54, 1.807) is 12.1 Å². The Labute approximate surface area is 158 Å². The number of ether oxygens (including phenoxy) is 1. The Balaban J connectivity index is 1.74. The molecule has 0 saturated heterocycles. The molecule has 2 aromatic rings. The maximum Gasteiger partial charge on any atom is 0.338 e.